The van der Waals surface area contributed by atoms with E-state index < -0.39 is 5.97 Å². The van der Waals surface area contributed by atoms with Crippen LogP contribution in [0, 0.1) is 19.8 Å². The van der Waals surface area contributed by atoms with Gasteiger partial charge in [0, 0.05) is 11.4 Å². The van der Waals surface area contributed by atoms with Gasteiger partial charge < -0.3 is 10.4 Å². The molecule has 1 amide bonds. The number of carbonyl (C=O) groups is 2. The van der Waals surface area contributed by atoms with Crippen molar-refractivity contribution < 1.29 is 14.7 Å². The maximum Gasteiger partial charge on any atom is 0.306 e. The number of hydrogen-bond donors (Lipinski definition) is 2. The fourth-order valence-corrected chi connectivity index (χ4v) is 2.46. The zero-order chi connectivity index (χ0) is 13.7. The molecule has 0 saturated carbocycles. The van der Waals surface area contributed by atoms with E-state index in [-0.39, 0.29) is 11.8 Å². The highest BCUT2D eigenvalue weighted by atomic mass is 32.1. The van der Waals surface area contributed by atoms with Crippen LogP contribution < -0.4 is 5.32 Å². The lowest BCUT2D eigenvalue weighted by Gasteiger charge is -2.06. The number of nitrogens with one attached hydrogen (secondary N) is 1. The van der Waals surface area contributed by atoms with Gasteiger partial charge in [-0.1, -0.05) is 6.92 Å². The van der Waals surface area contributed by atoms with Gasteiger partial charge in [-0.2, -0.15) is 0 Å². The molecule has 2 N–H and O–H groups in total. The van der Waals surface area contributed by atoms with E-state index >= 15 is 0 Å². The van der Waals surface area contributed by atoms with E-state index in [1.54, 1.807) is 6.92 Å². The lowest BCUT2D eigenvalue weighted by molar-refractivity contribution is -0.141. The molecule has 1 rings (SSSR count). The van der Waals surface area contributed by atoms with E-state index in [2.05, 4.69) is 5.32 Å². The molecule has 0 aromatic carbocycles. The highest BCUT2D eigenvalue weighted by molar-refractivity contribution is 7.14. The van der Waals surface area contributed by atoms with Crippen LogP contribution >= 0.6 is 11.3 Å². The number of carboxylic acids is 1. The van der Waals surface area contributed by atoms with Gasteiger partial charge in [-0.15, -0.1) is 11.3 Å². The van der Waals surface area contributed by atoms with E-state index in [0.29, 0.717) is 19.4 Å². The number of hydrogen-bond acceptors (Lipinski definition) is 3. The van der Waals surface area contributed by atoms with Crippen LogP contribution in [0.2, 0.25) is 0 Å². The highest BCUT2D eigenvalue weighted by Gasteiger charge is 2.12. The second-order valence-electron chi connectivity index (χ2n) is 4.49. The second-order valence-corrected chi connectivity index (χ2v) is 5.74. The first kappa shape index (κ1) is 14.7. The third-order valence-corrected chi connectivity index (χ3v) is 4.06. The van der Waals surface area contributed by atoms with E-state index in [9.17, 15) is 9.59 Å². The van der Waals surface area contributed by atoms with Crippen molar-refractivity contribution in [1.82, 2.24) is 5.32 Å². The van der Waals surface area contributed by atoms with Crippen LogP contribution in [0.3, 0.4) is 0 Å². The number of rotatable bonds is 6. The summed E-state index contributed by atoms with van der Waals surface area (Å²) in [5.41, 5.74) is 1.13. The van der Waals surface area contributed by atoms with Crippen molar-refractivity contribution in [3.63, 3.8) is 0 Å². The first-order valence-corrected chi connectivity index (χ1v) is 6.81. The van der Waals surface area contributed by atoms with Crippen molar-refractivity contribution in [1.29, 1.82) is 0 Å². The minimum absolute atomic E-state index is 0.0702. The summed E-state index contributed by atoms with van der Waals surface area (Å²) in [6, 6.07) is 1.88. The second kappa shape index (κ2) is 6.54. The standard InChI is InChI=1S/C13H19NO3S/c1-8(13(16)17)5-4-6-14-12(15)11-7-9(2)10(3)18-11/h7-8H,4-6H2,1-3H3,(H,14,15)(H,16,17). The van der Waals surface area contributed by atoms with Gasteiger partial charge in [-0.25, -0.2) is 0 Å². The Kier molecular flexibility index (Phi) is 5.34. The third kappa shape index (κ3) is 4.14. The van der Waals surface area contributed by atoms with E-state index in [1.807, 2.05) is 19.9 Å². The van der Waals surface area contributed by atoms with Crippen molar-refractivity contribution in [2.24, 2.45) is 5.92 Å². The van der Waals surface area contributed by atoms with Gasteiger partial charge in [-0.3, -0.25) is 9.59 Å². The van der Waals surface area contributed by atoms with E-state index in [4.69, 9.17) is 5.11 Å². The fourth-order valence-electron chi connectivity index (χ4n) is 1.51. The molecule has 0 spiro atoms. The Balaban J connectivity index is 2.32. The average molecular weight is 269 g/mol. The number of aliphatic carboxylic acids is 1. The van der Waals surface area contributed by atoms with Crippen LogP contribution in [-0.4, -0.2) is 23.5 Å². The molecule has 0 saturated heterocycles. The summed E-state index contributed by atoms with van der Waals surface area (Å²) < 4.78 is 0. The minimum atomic E-state index is -0.786. The van der Waals surface area contributed by atoms with Gasteiger partial charge in [0.25, 0.3) is 5.91 Å². The molecule has 1 aromatic rings. The molecule has 0 aliphatic heterocycles. The summed E-state index contributed by atoms with van der Waals surface area (Å²) in [6.07, 6.45) is 1.26. The Morgan fingerprint density at radius 3 is 2.61 bits per heavy atom. The Labute approximate surface area is 111 Å². The van der Waals surface area contributed by atoms with Crippen molar-refractivity contribution >= 4 is 23.2 Å². The van der Waals surface area contributed by atoms with Gasteiger partial charge in [-0.05, 0) is 38.3 Å². The van der Waals surface area contributed by atoms with Crippen molar-refractivity contribution in [2.75, 3.05) is 6.54 Å². The summed E-state index contributed by atoms with van der Waals surface area (Å²) >= 11 is 1.49. The maximum atomic E-state index is 11.8. The number of aryl methyl sites for hydroxylation is 2. The number of amides is 1. The van der Waals surface area contributed by atoms with Gasteiger partial charge in [0.15, 0.2) is 0 Å². The van der Waals surface area contributed by atoms with Crippen molar-refractivity contribution in [2.45, 2.75) is 33.6 Å². The van der Waals surface area contributed by atoms with Gasteiger partial charge in [0.05, 0.1) is 10.8 Å². The highest BCUT2D eigenvalue weighted by Crippen LogP contribution is 2.20. The first-order chi connectivity index (χ1) is 8.41. The molecule has 0 fully saturated rings. The van der Waals surface area contributed by atoms with Crippen LogP contribution in [0.15, 0.2) is 6.07 Å². The lowest BCUT2D eigenvalue weighted by atomic mass is 10.1. The largest absolute Gasteiger partial charge is 0.481 e. The fraction of sp³-hybridized carbons (Fsp3) is 0.538. The molecule has 0 bridgehead atoms. The topological polar surface area (TPSA) is 66.4 Å². The normalized spacial score (nSPS) is 12.2. The molecule has 0 radical (unpaired) electrons. The van der Waals surface area contributed by atoms with Crippen LogP contribution in [0.1, 0.15) is 39.9 Å². The molecule has 1 unspecified atom stereocenters. The summed E-state index contributed by atoms with van der Waals surface area (Å²) in [5, 5.41) is 11.5. The Hall–Kier alpha value is -1.36. The van der Waals surface area contributed by atoms with Crippen LogP contribution in [-0.2, 0) is 4.79 Å². The maximum absolute atomic E-state index is 11.8. The Morgan fingerprint density at radius 2 is 2.11 bits per heavy atom. The number of carboxylic acid groups (broad SMARTS) is 1. The van der Waals surface area contributed by atoms with Gasteiger partial charge in [0.1, 0.15) is 0 Å². The molecule has 1 atom stereocenters. The SMILES string of the molecule is Cc1cc(C(=O)NCCCC(C)C(=O)O)sc1C. The quantitative estimate of drug-likeness (QED) is 0.780. The number of thiophene rings is 1. The smallest absolute Gasteiger partial charge is 0.306 e. The zero-order valence-electron chi connectivity index (χ0n) is 10.9. The first-order valence-electron chi connectivity index (χ1n) is 6.00. The van der Waals surface area contributed by atoms with Crippen molar-refractivity contribution in [3.8, 4) is 0 Å². The molecule has 100 valence electrons. The Morgan fingerprint density at radius 1 is 1.44 bits per heavy atom. The Bertz CT molecular complexity index is 420. The predicted molar refractivity (Wildman–Crippen MR) is 72.2 cm³/mol. The summed E-state index contributed by atoms with van der Waals surface area (Å²) in [7, 11) is 0. The predicted octanol–water partition coefficient (Wildman–Crippen LogP) is 2.60. The minimum Gasteiger partial charge on any atom is -0.481 e. The average Bonchev–Trinajstić information content (AvgIpc) is 2.64. The summed E-state index contributed by atoms with van der Waals surface area (Å²) in [6.45, 7) is 6.17. The summed E-state index contributed by atoms with van der Waals surface area (Å²) in [4.78, 5) is 24.2. The van der Waals surface area contributed by atoms with Gasteiger partial charge >= 0.3 is 5.97 Å². The molecule has 5 heteroatoms. The number of carbonyl (C=O) groups excluding carboxylic acids is 1. The summed E-state index contributed by atoms with van der Waals surface area (Å²) in [5.74, 6) is -1.21. The molecule has 1 aromatic heterocycles. The third-order valence-electron chi connectivity index (χ3n) is 2.91. The molecule has 1 heterocycles. The van der Waals surface area contributed by atoms with Crippen LogP contribution in [0.4, 0.5) is 0 Å². The molecule has 0 aliphatic rings. The molecule has 4 nitrogen and oxygen atoms in total. The lowest BCUT2D eigenvalue weighted by Crippen LogP contribution is -2.24. The van der Waals surface area contributed by atoms with Crippen LogP contribution in [0.5, 0.6) is 0 Å². The van der Waals surface area contributed by atoms with E-state index in [0.717, 1.165) is 15.3 Å². The van der Waals surface area contributed by atoms with E-state index in [1.165, 1.54) is 11.3 Å². The van der Waals surface area contributed by atoms with Crippen LogP contribution in [0.25, 0.3) is 0 Å². The monoisotopic (exact) mass is 269 g/mol. The van der Waals surface area contributed by atoms with Gasteiger partial charge in [0.2, 0.25) is 0 Å². The molecular formula is C13H19NO3S. The molecule has 0 aliphatic carbocycles. The molecular weight excluding hydrogens is 250 g/mol. The zero-order valence-corrected chi connectivity index (χ0v) is 11.8. The van der Waals surface area contributed by atoms with Crippen molar-refractivity contribution in [3.05, 3.63) is 21.4 Å². The molecule has 18 heavy (non-hydrogen) atoms.